The Hall–Kier alpha value is -1.03. The highest BCUT2D eigenvalue weighted by molar-refractivity contribution is 6.20. The highest BCUT2D eigenvalue weighted by Crippen LogP contribution is 2.19. The molecule has 0 N–H and O–H groups in total. The average Bonchev–Trinajstić information content (AvgIpc) is 2.18. The molecular weight excluding hydrogens is 196 g/mol. The van der Waals surface area contributed by atoms with Crippen LogP contribution in [0.2, 0.25) is 0 Å². The third-order valence-corrected chi connectivity index (χ3v) is 2.51. The topological polar surface area (TPSA) is 60.4 Å². The Balaban J connectivity index is 2.48. The molecule has 4 nitrogen and oxygen atoms in total. The van der Waals surface area contributed by atoms with Gasteiger partial charge in [-0.1, -0.05) is 0 Å². The molecule has 0 aromatic rings. The van der Waals surface area contributed by atoms with Crippen LogP contribution in [-0.4, -0.2) is 30.6 Å². The van der Waals surface area contributed by atoms with Gasteiger partial charge in [-0.25, -0.2) is 0 Å². The van der Waals surface area contributed by atoms with Crippen LogP contribution in [-0.2, 0) is 19.1 Å². The highest BCUT2D eigenvalue weighted by atomic mass is 16.5. The average molecular weight is 212 g/mol. The van der Waals surface area contributed by atoms with Crippen LogP contribution in [0.25, 0.3) is 0 Å². The van der Waals surface area contributed by atoms with Gasteiger partial charge in [-0.15, -0.1) is 0 Å². The van der Waals surface area contributed by atoms with Crippen molar-refractivity contribution in [2.24, 2.45) is 5.92 Å². The van der Waals surface area contributed by atoms with Gasteiger partial charge in [0.2, 0.25) is 0 Å². The lowest BCUT2D eigenvalue weighted by atomic mass is 9.83. The Labute approximate surface area is 89.0 Å². The number of rotatable bonds is 5. The summed E-state index contributed by atoms with van der Waals surface area (Å²) in [6.07, 6.45) is 1.47. The van der Waals surface area contributed by atoms with Gasteiger partial charge in [-0.05, 0) is 13.3 Å². The molecule has 1 rings (SSSR count). The molecule has 0 amide bonds. The normalized spacial score (nSPS) is 18.2. The van der Waals surface area contributed by atoms with Gasteiger partial charge in [0.15, 0.2) is 17.3 Å². The molecule has 1 aliphatic carbocycles. The van der Waals surface area contributed by atoms with Crippen LogP contribution in [0.1, 0.15) is 32.6 Å². The summed E-state index contributed by atoms with van der Waals surface area (Å²) in [6.45, 7) is 2.67. The first-order valence-electron chi connectivity index (χ1n) is 5.32. The standard InChI is InChI=1S/C11H16O4/c1-2-15-7-6-10(14)11-8(12)4-3-5-9(11)13/h11H,2-7H2,1H3. The summed E-state index contributed by atoms with van der Waals surface area (Å²) in [6, 6.07) is 0. The summed E-state index contributed by atoms with van der Waals surface area (Å²) in [4.78, 5) is 34.4. The quantitative estimate of drug-likeness (QED) is 0.502. The molecule has 15 heavy (non-hydrogen) atoms. The van der Waals surface area contributed by atoms with E-state index in [0.29, 0.717) is 32.5 Å². The van der Waals surface area contributed by atoms with Crippen molar-refractivity contribution in [3.05, 3.63) is 0 Å². The van der Waals surface area contributed by atoms with Gasteiger partial charge in [0.1, 0.15) is 5.92 Å². The van der Waals surface area contributed by atoms with Crippen molar-refractivity contribution in [2.45, 2.75) is 32.6 Å². The SMILES string of the molecule is CCOCCC(=O)C1C(=O)CCCC1=O. The molecule has 0 heterocycles. The molecule has 1 aliphatic rings. The molecule has 0 unspecified atom stereocenters. The molecule has 1 saturated carbocycles. The van der Waals surface area contributed by atoms with Crippen LogP contribution in [0.4, 0.5) is 0 Å². The van der Waals surface area contributed by atoms with E-state index in [2.05, 4.69) is 0 Å². The summed E-state index contributed by atoms with van der Waals surface area (Å²) in [5.74, 6) is -1.70. The van der Waals surface area contributed by atoms with Crippen molar-refractivity contribution in [1.29, 1.82) is 0 Å². The van der Waals surface area contributed by atoms with Crippen molar-refractivity contribution in [2.75, 3.05) is 13.2 Å². The zero-order valence-corrected chi connectivity index (χ0v) is 8.95. The fraction of sp³-hybridized carbons (Fsp3) is 0.727. The summed E-state index contributed by atoms with van der Waals surface area (Å²) in [5, 5.41) is 0. The maximum Gasteiger partial charge on any atom is 0.153 e. The summed E-state index contributed by atoms with van der Waals surface area (Å²) >= 11 is 0. The van der Waals surface area contributed by atoms with Crippen LogP contribution in [0.5, 0.6) is 0 Å². The van der Waals surface area contributed by atoms with Gasteiger partial charge in [0.05, 0.1) is 6.61 Å². The predicted octanol–water partition coefficient (Wildman–Crippen LogP) is 0.920. The molecule has 0 atom stereocenters. The first-order valence-corrected chi connectivity index (χ1v) is 5.32. The van der Waals surface area contributed by atoms with Crippen LogP contribution in [0.3, 0.4) is 0 Å². The second-order valence-electron chi connectivity index (χ2n) is 3.63. The Morgan fingerprint density at radius 2 is 1.93 bits per heavy atom. The lowest BCUT2D eigenvalue weighted by Gasteiger charge is -2.17. The number of hydrogen-bond acceptors (Lipinski definition) is 4. The second kappa shape index (κ2) is 5.75. The van der Waals surface area contributed by atoms with Crippen molar-refractivity contribution in [1.82, 2.24) is 0 Å². The van der Waals surface area contributed by atoms with Gasteiger partial charge in [-0.2, -0.15) is 0 Å². The zero-order valence-electron chi connectivity index (χ0n) is 8.95. The van der Waals surface area contributed by atoms with Gasteiger partial charge < -0.3 is 4.74 Å². The number of carbonyl (C=O) groups is 3. The van der Waals surface area contributed by atoms with Crippen LogP contribution < -0.4 is 0 Å². The molecule has 0 aromatic heterocycles. The molecule has 0 saturated heterocycles. The van der Waals surface area contributed by atoms with E-state index >= 15 is 0 Å². The van der Waals surface area contributed by atoms with E-state index in [1.807, 2.05) is 6.92 Å². The Morgan fingerprint density at radius 3 is 2.47 bits per heavy atom. The number of carbonyl (C=O) groups excluding carboxylic acids is 3. The van der Waals surface area contributed by atoms with E-state index in [1.165, 1.54) is 0 Å². The molecule has 84 valence electrons. The molecule has 0 aromatic carbocycles. The van der Waals surface area contributed by atoms with Gasteiger partial charge >= 0.3 is 0 Å². The van der Waals surface area contributed by atoms with E-state index in [1.54, 1.807) is 0 Å². The van der Waals surface area contributed by atoms with E-state index in [0.717, 1.165) is 0 Å². The molecule has 0 radical (unpaired) electrons. The van der Waals surface area contributed by atoms with Crippen molar-refractivity contribution < 1.29 is 19.1 Å². The van der Waals surface area contributed by atoms with Crippen molar-refractivity contribution in [3.8, 4) is 0 Å². The third-order valence-electron chi connectivity index (χ3n) is 2.51. The van der Waals surface area contributed by atoms with E-state index in [9.17, 15) is 14.4 Å². The van der Waals surface area contributed by atoms with Crippen molar-refractivity contribution in [3.63, 3.8) is 0 Å². The minimum atomic E-state index is -0.987. The zero-order chi connectivity index (χ0) is 11.3. The summed E-state index contributed by atoms with van der Waals surface area (Å²) in [5.41, 5.74) is 0. The maximum atomic E-state index is 11.6. The Morgan fingerprint density at radius 1 is 1.33 bits per heavy atom. The first kappa shape index (κ1) is 12.0. The smallest absolute Gasteiger partial charge is 0.153 e. The molecule has 0 bridgehead atoms. The predicted molar refractivity (Wildman–Crippen MR) is 53.5 cm³/mol. The van der Waals surface area contributed by atoms with Crippen LogP contribution in [0, 0.1) is 5.92 Å². The molecule has 1 fully saturated rings. The van der Waals surface area contributed by atoms with E-state index in [4.69, 9.17) is 4.74 Å². The fourth-order valence-corrected chi connectivity index (χ4v) is 1.73. The van der Waals surface area contributed by atoms with Gasteiger partial charge in [0.25, 0.3) is 0 Å². The van der Waals surface area contributed by atoms with Crippen molar-refractivity contribution >= 4 is 17.3 Å². The number of ketones is 3. The molecule has 0 aliphatic heterocycles. The highest BCUT2D eigenvalue weighted by Gasteiger charge is 2.35. The number of ether oxygens (including phenoxy) is 1. The lowest BCUT2D eigenvalue weighted by molar-refractivity contribution is -0.142. The van der Waals surface area contributed by atoms with E-state index in [-0.39, 0.29) is 23.8 Å². The summed E-state index contributed by atoms with van der Waals surface area (Å²) in [7, 11) is 0. The molecule has 4 heteroatoms. The largest absolute Gasteiger partial charge is 0.381 e. The minimum Gasteiger partial charge on any atom is -0.381 e. The van der Waals surface area contributed by atoms with Crippen LogP contribution in [0.15, 0.2) is 0 Å². The molecular formula is C11H16O4. The number of Topliss-reactive ketones (excluding diaryl/α,β-unsaturated/α-hetero) is 3. The summed E-state index contributed by atoms with van der Waals surface area (Å²) < 4.78 is 5.02. The fourth-order valence-electron chi connectivity index (χ4n) is 1.73. The van der Waals surface area contributed by atoms with Gasteiger partial charge in [-0.3, -0.25) is 14.4 Å². The lowest BCUT2D eigenvalue weighted by Crippen LogP contribution is -2.35. The molecule has 0 spiro atoms. The maximum absolute atomic E-state index is 11.6. The Kier molecular flexibility index (Phi) is 4.62. The number of hydrogen-bond donors (Lipinski definition) is 0. The Bertz CT molecular complexity index is 254. The monoisotopic (exact) mass is 212 g/mol. The van der Waals surface area contributed by atoms with Crippen LogP contribution >= 0.6 is 0 Å². The third kappa shape index (κ3) is 3.23. The minimum absolute atomic E-state index is 0.163. The first-order chi connectivity index (χ1) is 7.16. The van der Waals surface area contributed by atoms with E-state index < -0.39 is 5.92 Å². The van der Waals surface area contributed by atoms with Gasteiger partial charge in [0, 0.05) is 25.9 Å². The second-order valence-corrected chi connectivity index (χ2v) is 3.63.